The van der Waals surface area contributed by atoms with Crippen LogP contribution in [0, 0.1) is 0 Å². The van der Waals surface area contributed by atoms with Gasteiger partial charge in [-0.1, -0.05) is 252 Å². The van der Waals surface area contributed by atoms with Crippen molar-refractivity contribution in [3.05, 3.63) is 109 Å². The maximum absolute atomic E-state index is 12.8. The van der Waals surface area contributed by atoms with Gasteiger partial charge in [0, 0.05) is 19.4 Å². The second-order valence-electron chi connectivity index (χ2n) is 18.4. The lowest BCUT2D eigenvalue weighted by Crippen LogP contribution is -2.30. The largest absolute Gasteiger partial charge is 0.462 e. The van der Waals surface area contributed by atoms with E-state index in [9.17, 15) is 9.59 Å². The molecule has 0 aliphatic heterocycles. The normalized spacial score (nSPS) is 13.0. The third-order valence-electron chi connectivity index (χ3n) is 11.8. The maximum atomic E-state index is 12.8. The van der Waals surface area contributed by atoms with Gasteiger partial charge in [-0.25, -0.2) is 0 Å². The fraction of sp³-hybridized carbons (Fsp3) is 0.683. The molecular formula is C63H106O5. The van der Waals surface area contributed by atoms with Crippen LogP contribution in [0.15, 0.2) is 109 Å². The molecule has 0 N–H and O–H groups in total. The second-order valence-corrected chi connectivity index (χ2v) is 18.4. The molecule has 0 saturated carbocycles. The molecule has 5 nitrogen and oxygen atoms in total. The van der Waals surface area contributed by atoms with E-state index in [1.165, 1.54) is 116 Å². The predicted molar refractivity (Wildman–Crippen MR) is 297 cm³/mol. The van der Waals surface area contributed by atoms with Crippen LogP contribution in [-0.4, -0.2) is 37.9 Å². The molecule has 388 valence electrons. The Morgan fingerprint density at radius 2 is 0.676 bits per heavy atom. The summed E-state index contributed by atoms with van der Waals surface area (Å²) in [4.78, 5) is 25.5. The number of unbranched alkanes of at least 4 members (excludes halogenated alkanes) is 22. The fourth-order valence-electron chi connectivity index (χ4n) is 7.66. The molecule has 1 atom stereocenters. The second kappa shape index (κ2) is 57.9. The summed E-state index contributed by atoms with van der Waals surface area (Å²) in [5, 5.41) is 0. The highest BCUT2D eigenvalue weighted by Gasteiger charge is 2.17. The number of carbonyl (C=O) groups excluding carboxylic acids is 2. The number of hydrogen-bond acceptors (Lipinski definition) is 5. The zero-order chi connectivity index (χ0) is 49.2. The summed E-state index contributed by atoms with van der Waals surface area (Å²) in [7, 11) is 0. The van der Waals surface area contributed by atoms with Crippen molar-refractivity contribution >= 4 is 11.9 Å². The summed E-state index contributed by atoms with van der Waals surface area (Å²) < 4.78 is 17.4. The Balaban J connectivity index is 4.39. The Morgan fingerprint density at radius 3 is 1.07 bits per heavy atom. The molecule has 5 heteroatoms. The first-order valence-electron chi connectivity index (χ1n) is 28.4. The van der Waals surface area contributed by atoms with Crippen molar-refractivity contribution in [3.63, 3.8) is 0 Å². The Bertz CT molecular complexity index is 1340. The average Bonchev–Trinajstić information content (AvgIpc) is 3.34. The van der Waals surface area contributed by atoms with Crippen LogP contribution in [0.2, 0.25) is 0 Å². The maximum Gasteiger partial charge on any atom is 0.306 e. The molecule has 0 rings (SSSR count). The van der Waals surface area contributed by atoms with Crippen molar-refractivity contribution in [1.29, 1.82) is 0 Å². The monoisotopic (exact) mass is 943 g/mol. The van der Waals surface area contributed by atoms with Crippen molar-refractivity contribution < 1.29 is 23.8 Å². The lowest BCUT2D eigenvalue weighted by atomic mass is 10.0. The minimum atomic E-state index is -0.586. The summed E-state index contributed by atoms with van der Waals surface area (Å²) >= 11 is 0. The van der Waals surface area contributed by atoms with Gasteiger partial charge < -0.3 is 14.2 Å². The van der Waals surface area contributed by atoms with E-state index in [2.05, 4.69) is 130 Å². The van der Waals surface area contributed by atoms with Gasteiger partial charge in [0.1, 0.15) is 6.61 Å². The quantitative estimate of drug-likeness (QED) is 0.0345. The first-order valence-corrected chi connectivity index (χ1v) is 28.4. The van der Waals surface area contributed by atoms with Crippen molar-refractivity contribution in [2.45, 2.75) is 258 Å². The van der Waals surface area contributed by atoms with Gasteiger partial charge in [-0.3, -0.25) is 9.59 Å². The van der Waals surface area contributed by atoms with E-state index >= 15 is 0 Å². The average molecular weight is 944 g/mol. The number of rotatable bonds is 51. The highest BCUT2D eigenvalue weighted by atomic mass is 16.6. The zero-order valence-electron chi connectivity index (χ0n) is 44.6. The van der Waals surface area contributed by atoms with E-state index in [0.717, 1.165) is 103 Å². The minimum absolute atomic E-state index is 0.0352. The molecular weight excluding hydrogens is 837 g/mol. The predicted octanol–water partition coefficient (Wildman–Crippen LogP) is 19.6. The van der Waals surface area contributed by atoms with Gasteiger partial charge in [-0.05, 0) is 96.3 Å². The van der Waals surface area contributed by atoms with Gasteiger partial charge in [-0.2, -0.15) is 0 Å². The molecule has 0 spiro atoms. The summed E-state index contributed by atoms with van der Waals surface area (Å²) in [6.07, 6.45) is 79.8. The molecule has 0 aromatic carbocycles. The first-order chi connectivity index (χ1) is 33.6. The molecule has 0 radical (unpaired) electrons. The lowest BCUT2D eigenvalue weighted by Gasteiger charge is -2.18. The summed E-state index contributed by atoms with van der Waals surface area (Å²) in [5.74, 6) is -0.512. The summed E-state index contributed by atoms with van der Waals surface area (Å²) in [5.41, 5.74) is 0. The molecule has 0 bridgehead atoms. The molecule has 0 aliphatic rings. The van der Waals surface area contributed by atoms with E-state index in [1.54, 1.807) is 0 Å². The smallest absolute Gasteiger partial charge is 0.306 e. The zero-order valence-corrected chi connectivity index (χ0v) is 44.6. The Labute approximate surface area is 421 Å². The first kappa shape index (κ1) is 64.6. The standard InChI is InChI=1S/C63H106O5/c1-4-7-10-13-16-19-22-25-28-30-31-32-34-37-40-43-46-49-52-55-58-66-59-61(68-63(65)57-54-51-48-45-42-39-35-27-24-21-18-15-12-9-6-3)60-67-62(64)56-53-50-47-44-41-38-36-33-29-26-23-20-17-14-11-8-5-2/h8-9,11-12,17-18,20-21,26-27,29,35-36,38,42,44-45,47,61H,4-7,10,13-16,19,22-25,28,30-34,37,39-41,43,46,48-60H2,1-3H3/b11-8-,12-9-,20-17-,21-18-,29-26-,35-27-,38-36-,45-42-,47-44-. The molecule has 0 aliphatic carbocycles. The third kappa shape index (κ3) is 55.2. The molecule has 1 unspecified atom stereocenters. The molecule has 68 heavy (non-hydrogen) atoms. The van der Waals surface area contributed by atoms with E-state index in [1.807, 2.05) is 0 Å². The Hall–Kier alpha value is -3.44. The molecule has 0 aromatic heterocycles. The lowest BCUT2D eigenvalue weighted by molar-refractivity contribution is -0.162. The van der Waals surface area contributed by atoms with Crippen molar-refractivity contribution in [3.8, 4) is 0 Å². The van der Waals surface area contributed by atoms with Gasteiger partial charge in [0.15, 0.2) is 6.10 Å². The number of ether oxygens (including phenoxy) is 3. The molecule has 0 saturated heterocycles. The number of esters is 2. The van der Waals surface area contributed by atoms with Crippen molar-refractivity contribution in [2.75, 3.05) is 19.8 Å². The molecule has 0 fully saturated rings. The van der Waals surface area contributed by atoms with E-state index in [-0.39, 0.29) is 25.2 Å². The van der Waals surface area contributed by atoms with Crippen LogP contribution < -0.4 is 0 Å². The van der Waals surface area contributed by atoms with Crippen LogP contribution in [0.5, 0.6) is 0 Å². The third-order valence-corrected chi connectivity index (χ3v) is 11.8. The number of carbonyl (C=O) groups is 2. The summed E-state index contributed by atoms with van der Waals surface area (Å²) in [6.45, 7) is 7.51. The summed E-state index contributed by atoms with van der Waals surface area (Å²) in [6, 6.07) is 0. The van der Waals surface area contributed by atoms with E-state index < -0.39 is 6.10 Å². The van der Waals surface area contributed by atoms with E-state index in [0.29, 0.717) is 19.4 Å². The van der Waals surface area contributed by atoms with Crippen LogP contribution >= 0.6 is 0 Å². The molecule has 0 heterocycles. The Morgan fingerprint density at radius 1 is 0.338 bits per heavy atom. The molecule has 0 amide bonds. The Kier molecular flexibility index (Phi) is 54.9. The van der Waals surface area contributed by atoms with Crippen LogP contribution in [0.25, 0.3) is 0 Å². The SMILES string of the molecule is CC/C=C\C/C=C\C/C=C\C/C=C\C/C=C\CCCC(=O)OCC(COCCCCCCCCCCCCCCCCCCCCCC)OC(=O)CCCC/C=C\C/C=C\C/C=C\C/C=C\CC. The fourth-order valence-corrected chi connectivity index (χ4v) is 7.66. The van der Waals surface area contributed by atoms with Crippen molar-refractivity contribution in [1.82, 2.24) is 0 Å². The molecule has 0 aromatic rings. The number of allylic oxidation sites excluding steroid dienone is 18. The van der Waals surface area contributed by atoms with Crippen LogP contribution in [0.1, 0.15) is 252 Å². The van der Waals surface area contributed by atoms with Gasteiger partial charge >= 0.3 is 11.9 Å². The van der Waals surface area contributed by atoms with Crippen molar-refractivity contribution in [2.24, 2.45) is 0 Å². The van der Waals surface area contributed by atoms with Gasteiger partial charge in [0.25, 0.3) is 0 Å². The number of hydrogen-bond donors (Lipinski definition) is 0. The van der Waals surface area contributed by atoms with Crippen LogP contribution in [-0.2, 0) is 23.8 Å². The highest BCUT2D eigenvalue weighted by Crippen LogP contribution is 2.15. The van der Waals surface area contributed by atoms with Crippen LogP contribution in [0.4, 0.5) is 0 Å². The minimum Gasteiger partial charge on any atom is -0.462 e. The highest BCUT2D eigenvalue weighted by molar-refractivity contribution is 5.70. The van der Waals surface area contributed by atoms with Crippen LogP contribution in [0.3, 0.4) is 0 Å². The van der Waals surface area contributed by atoms with Gasteiger partial charge in [0.05, 0.1) is 6.61 Å². The van der Waals surface area contributed by atoms with E-state index in [4.69, 9.17) is 14.2 Å². The topological polar surface area (TPSA) is 61.8 Å². The van der Waals surface area contributed by atoms with Gasteiger partial charge in [-0.15, -0.1) is 0 Å². The van der Waals surface area contributed by atoms with Gasteiger partial charge in [0.2, 0.25) is 0 Å².